The smallest absolute Gasteiger partial charge is 0.227 e. The number of fused-ring (bicyclic) bond motifs is 3. The molecule has 3 aliphatic rings. The number of aryl methyl sites for hydroxylation is 1. The summed E-state index contributed by atoms with van der Waals surface area (Å²) in [6.07, 6.45) is 9.85. The number of pyridine rings is 1. The minimum Gasteiger partial charge on any atom is -0.342 e. The van der Waals surface area contributed by atoms with Crippen LogP contribution in [0.15, 0.2) is 60.7 Å². The number of hydrogen-bond donors (Lipinski definition) is 0. The van der Waals surface area contributed by atoms with E-state index >= 15 is 0 Å². The van der Waals surface area contributed by atoms with E-state index in [1.807, 2.05) is 20.8 Å². The van der Waals surface area contributed by atoms with E-state index in [1.165, 1.54) is 61.6 Å². The van der Waals surface area contributed by atoms with Crippen molar-refractivity contribution in [1.82, 2.24) is 14.8 Å². The van der Waals surface area contributed by atoms with E-state index in [0.717, 1.165) is 43.1 Å². The monoisotopic (exact) mass is 537 g/mol. The van der Waals surface area contributed by atoms with Crippen molar-refractivity contribution >= 4 is 16.8 Å². The number of nitrogens with zero attached hydrogens (tertiary/aromatic N) is 3. The molecule has 0 N–H and O–H groups in total. The predicted octanol–water partition coefficient (Wildman–Crippen LogP) is 7.33. The molecule has 212 valence electrons. The van der Waals surface area contributed by atoms with Crippen LogP contribution in [0.5, 0.6) is 0 Å². The Hall–Kier alpha value is -2.72. The summed E-state index contributed by atoms with van der Waals surface area (Å²) in [5.74, 6) is 1.06. The highest BCUT2D eigenvalue weighted by Crippen LogP contribution is 2.44. The number of benzene rings is 2. The lowest BCUT2D eigenvalue weighted by Gasteiger charge is -2.46. The maximum atomic E-state index is 13.0. The standard InChI is InChI=1S/C36H47N3O/c1-26-22-28(32-12-8-9-13-33(32)37-26)23-27-24-30-14-15-31(25-27)39(30)21-18-36(29-10-6-5-7-11-29)16-19-38(20-17-36)34(40)35(2,3)4/h5-13,22,27,30-31H,14-21,23-25H2,1-4H3/t27?,30-,31+. The lowest BCUT2D eigenvalue weighted by molar-refractivity contribution is -0.141. The number of para-hydroxylation sites is 1. The molecular formula is C36H47N3O. The van der Waals surface area contributed by atoms with Crippen LogP contribution in [-0.2, 0) is 16.6 Å². The summed E-state index contributed by atoms with van der Waals surface area (Å²) in [7, 11) is 0. The Kier molecular flexibility index (Phi) is 7.50. The fraction of sp³-hybridized carbons (Fsp3) is 0.556. The molecule has 1 aromatic heterocycles. The van der Waals surface area contributed by atoms with E-state index in [2.05, 4.69) is 77.4 Å². The lowest BCUT2D eigenvalue weighted by Crippen LogP contribution is -2.50. The van der Waals surface area contributed by atoms with Crippen molar-refractivity contribution < 1.29 is 4.79 Å². The van der Waals surface area contributed by atoms with Gasteiger partial charge in [0.25, 0.3) is 0 Å². The SMILES string of the molecule is Cc1cc(CC2C[C@H]3CC[C@@H](C2)N3CCC2(c3ccccc3)CCN(C(=O)C(C)(C)C)CC2)c2ccccc2n1. The third-order valence-corrected chi connectivity index (χ3v) is 10.3. The maximum Gasteiger partial charge on any atom is 0.227 e. The Bertz CT molecular complexity index is 1320. The Morgan fingerprint density at radius 1 is 0.950 bits per heavy atom. The molecule has 3 aliphatic heterocycles. The molecule has 0 saturated carbocycles. The normalized spacial score (nSPS) is 24.9. The number of hydrogen-bond acceptors (Lipinski definition) is 3. The minimum atomic E-state index is -0.308. The van der Waals surface area contributed by atoms with Crippen LogP contribution in [-0.4, -0.2) is 52.4 Å². The van der Waals surface area contributed by atoms with Gasteiger partial charge < -0.3 is 4.90 Å². The summed E-state index contributed by atoms with van der Waals surface area (Å²) in [5, 5.41) is 1.34. The summed E-state index contributed by atoms with van der Waals surface area (Å²) < 4.78 is 0. The van der Waals surface area contributed by atoms with E-state index < -0.39 is 0 Å². The molecule has 40 heavy (non-hydrogen) atoms. The highest BCUT2D eigenvalue weighted by Gasteiger charge is 2.44. The molecule has 0 aliphatic carbocycles. The Morgan fingerprint density at radius 3 is 2.27 bits per heavy atom. The molecule has 4 heteroatoms. The molecule has 0 spiro atoms. The van der Waals surface area contributed by atoms with Gasteiger partial charge >= 0.3 is 0 Å². The van der Waals surface area contributed by atoms with Crippen molar-refractivity contribution in [3.8, 4) is 0 Å². The van der Waals surface area contributed by atoms with Gasteiger partial charge in [0, 0.05) is 41.7 Å². The summed E-state index contributed by atoms with van der Waals surface area (Å²) >= 11 is 0. The van der Waals surface area contributed by atoms with E-state index in [4.69, 9.17) is 4.98 Å². The van der Waals surface area contributed by atoms with Crippen molar-refractivity contribution in [2.24, 2.45) is 11.3 Å². The molecule has 3 aromatic rings. The topological polar surface area (TPSA) is 36.4 Å². The van der Waals surface area contributed by atoms with Crippen LogP contribution in [0.3, 0.4) is 0 Å². The van der Waals surface area contributed by atoms with Gasteiger partial charge in [-0.3, -0.25) is 14.7 Å². The predicted molar refractivity (Wildman–Crippen MR) is 164 cm³/mol. The Morgan fingerprint density at radius 2 is 1.60 bits per heavy atom. The summed E-state index contributed by atoms with van der Waals surface area (Å²) in [5.41, 5.74) is 5.09. The number of aromatic nitrogens is 1. The highest BCUT2D eigenvalue weighted by atomic mass is 16.2. The van der Waals surface area contributed by atoms with Crippen LogP contribution in [0.4, 0.5) is 0 Å². The average molecular weight is 538 g/mol. The second-order valence-corrected chi connectivity index (χ2v) is 14.0. The second-order valence-electron chi connectivity index (χ2n) is 14.0. The van der Waals surface area contributed by atoms with Gasteiger partial charge in [0.1, 0.15) is 0 Å². The number of rotatable bonds is 6. The first-order valence-electron chi connectivity index (χ1n) is 15.7. The third-order valence-electron chi connectivity index (χ3n) is 10.3. The Balaban J connectivity index is 1.14. The van der Waals surface area contributed by atoms with Crippen molar-refractivity contribution in [2.75, 3.05) is 19.6 Å². The molecule has 1 unspecified atom stereocenters. The maximum absolute atomic E-state index is 13.0. The quantitative estimate of drug-likeness (QED) is 0.330. The number of amides is 1. The largest absolute Gasteiger partial charge is 0.342 e. The highest BCUT2D eigenvalue weighted by molar-refractivity contribution is 5.82. The number of carbonyl (C=O) groups is 1. The van der Waals surface area contributed by atoms with Crippen LogP contribution in [0.2, 0.25) is 0 Å². The first kappa shape index (κ1) is 27.4. The molecule has 2 aromatic carbocycles. The molecule has 3 fully saturated rings. The molecule has 3 saturated heterocycles. The Labute approximate surface area is 241 Å². The summed E-state index contributed by atoms with van der Waals surface area (Å²) in [4.78, 5) is 22.8. The van der Waals surface area contributed by atoms with Crippen molar-refractivity contribution in [3.05, 3.63) is 77.5 Å². The zero-order valence-corrected chi connectivity index (χ0v) is 25.0. The fourth-order valence-electron chi connectivity index (χ4n) is 8.22. The zero-order chi connectivity index (χ0) is 27.9. The summed E-state index contributed by atoms with van der Waals surface area (Å²) in [6.45, 7) is 11.2. The molecule has 3 atom stereocenters. The van der Waals surface area contributed by atoms with Crippen LogP contribution in [0.1, 0.15) is 82.5 Å². The van der Waals surface area contributed by atoms with Crippen molar-refractivity contribution in [3.63, 3.8) is 0 Å². The van der Waals surface area contributed by atoms with Gasteiger partial charge in [0.05, 0.1) is 5.52 Å². The first-order valence-corrected chi connectivity index (χ1v) is 15.7. The van der Waals surface area contributed by atoms with E-state index in [9.17, 15) is 4.79 Å². The van der Waals surface area contributed by atoms with Crippen LogP contribution in [0, 0.1) is 18.3 Å². The number of piperidine rings is 2. The van der Waals surface area contributed by atoms with Gasteiger partial charge in [-0.15, -0.1) is 0 Å². The number of carbonyl (C=O) groups excluding carboxylic acids is 1. The van der Waals surface area contributed by atoms with Gasteiger partial charge in [0.2, 0.25) is 5.91 Å². The zero-order valence-electron chi connectivity index (χ0n) is 25.0. The van der Waals surface area contributed by atoms with Gasteiger partial charge in [-0.2, -0.15) is 0 Å². The molecule has 4 nitrogen and oxygen atoms in total. The van der Waals surface area contributed by atoms with Gasteiger partial charge in [-0.25, -0.2) is 0 Å². The lowest BCUT2D eigenvalue weighted by atomic mass is 9.70. The molecule has 6 rings (SSSR count). The molecule has 0 radical (unpaired) electrons. The third kappa shape index (κ3) is 5.44. The summed E-state index contributed by atoms with van der Waals surface area (Å²) in [6, 6.07) is 23.6. The van der Waals surface area contributed by atoms with Gasteiger partial charge in [-0.1, -0.05) is 69.3 Å². The first-order chi connectivity index (χ1) is 19.2. The molecule has 2 bridgehead atoms. The van der Waals surface area contributed by atoms with Crippen molar-refractivity contribution in [1.29, 1.82) is 0 Å². The average Bonchev–Trinajstić information content (AvgIpc) is 3.19. The van der Waals surface area contributed by atoms with E-state index in [0.29, 0.717) is 18.0 Å². The minimum absolute atomic E-state index is 0.166. The molecule has 1 amide bonds. The van der Waals surface area contributed by atoms with Gasteiger partial charge in [-0.05, 0) is 99.4 Å². The fourth-order valence-corrected chi connectivity index (χ4v) is 8.22. The molecule has 4 heterocycles. The van der Waals surface area contributed by atoms with Gasteiger partial charge in [0.15, 0.2) is 0 Å². The van der Waals surface area contributed by atoms with E-state index in [1.54, 1.807) is 0 Å². The van der Waals surface area contributed by atoms with Crippen LogP contribution < -0.4 is 0 Å². The van der Waals surface area contributed by atoms with Crippen LogP contribution >= 0.6 is 0 Å². The number of likely N-dealkylation sites (tertiary alicyclic amines) is 1. The van der Waals surface area contributed by atoms with E-state index in [-0.39, 0.29) is 10.8 Å². The van der Waals surface area contributed by atoms with Crippen molar-refractivity contribution in [2.45, 2.75) is 96.6 Å². The second kappa shape index (κ2) is 10.9. The molecular weight excluding hydrogens is 490 g/mol. The van der Waals surface area contributed by atoms with Crippen LogP contribution in [0.25, 0.3) is 10.9 Å².